The maximum absolute atomic E-state index is 13.1. The van der Waals surface area contributed by atoms with Crippen molar-refractivity contribution in [3.05, 3.63) is 71.3 Å². The normalized spacial score (nSPS) is 15.5. The number of thioether (sulfide) groups is 1. The van der Waals surface area contributed by atoms with Gasteiger partial charge in [0.05, 0.1) is 15.5 Å². The first kappa shape index (κ1) is 25.3. The second-order valence-electron chi connectivity index (χ2n) is 7.76. The van der Waals surface area contributed by atoms with E-state index in [1.807, 2.05) is 63.4 Å². The van der Waals surface area contributed by atoms with E-state index in [-0.39, 0.29) is 10.8 Å². The molecule has 2 aromatic carbocycles. The lowest BCUT2D eigenvalue weighted by Gasteiger charge is -2.18. The summed E-state index contributed by atoms with van der Waals surface area (Å²) in [6, 6.07) is 16.4. The minimum atomic E-state index is -3.64. The Kier molecular flexibility index (Phi) is 7.56. The number of likely N-dealkylation sites (N-methyl/N-ethyl adjacent to an activating group) is 1. The summed E-state index contributed by atoms with van der Waals surface area (Å²) in [6.07, 6.45) is 3.62. The van der Waals surface area contributed by atoms with Gasteiger partial charge in [0.1, 0.15) is 10.0 Å². The first-order chi connectivity index (χ1) is 16.8. The second-order valence-corrected chi connectivity index (χ2v) is 11.4. The molecule has 0 unspecified atom stereocenters. The van der Waals surface area contributed by atoms with Gasteiger partial charge in [0.2, 0.25) is 10.0 Å². The summed E-state index contributed by atoms with van der Waals surface area (Å²) in [5.41, 5.74) is 2.77. The zero-order valence-corrected chi connectivity index (χ0v) is 22.2. The largest absolute Gasteiger partial charge is 0.293 e. The smallest absolute Gasteiger partial charge is 0.266 e. The highest BCUT2D eigenvalue weighted by atomic mass is 32.2. The first-order valence-electron chi connectivity index (χ1n) is 11.3. The lowest BCUT2D eigenvalue weighted by atomic mass is 10.1. The van der Waals surface area contributed by atoms with E-state index in [1.165, 1.54) is 16.1 Å². The van der Waals surface area contributed by atoms with Gasteiger partial charge in [-0.15, -0.1) is 0 Å². The number of rotatable bonds is 8. The lowest BCUT2D eigenvalue weighted by molar-refractivity contribution is -0.121. The molecule has 7 nitrogen and oxygen atoms in total. The Balaban J connectivity index is 1.85. The number of aromatic nitrogens is 2. The fourth-order valence-electron chi connectivity index (χ4n) is 3.86. The number of carbonyl (C=O) groups is 1. The van der Waals surface area contributed by atoms with Crippen LogP contribution in [0.15, 0.2) is 70.6 Å². The van der Waals surface area contributed by atoms with Gasteiger partial charge in [0, 0.05) is 37.0 Å². The number of benzene rings is 2. The van der Waals surface area contributed by atoms with Crippen molar-refractivity contribution in [1.82, 2.24) is 19.0 Å². The van der Waals surface area contributed by atoms with Crippen LogP contribution >= 0.6 is 24.0 Å². The fourth-order valence-corrected chi connectivity index (χ4v) is 6.74. The molecule has 1 fully saturated rings. The Morgan fingerprint density at radius 1 is 1.06 bits per heavy atom. The number of para-hydroxylation sites is 1. The van der Waals surface area contributed by atoms with Crippen LogP contribution in [0.5, 0.6) is 0 Å². The highest BCUT2D eigenvalue weighted by Gasteiger charge is 2.31. The average Bonchev–Trinajstić information content (AvgIpc) is 3.40. The van der Waals surface area contributed by atoms with E-state index in [0.717, 1.165) is 5.69 Å². The van der Waals surface area contributed by atoms with Gasteiger partial charge in [-0.05, 0) is 37.3 Å². The zero-order valence-electron chi connectivity index (χ0n) is 19.7. The third-order valence-corrected chi connectivity index (χ3v) is 9.11. The fraction of sp³-hybridized carbons (Fsp3) is 0.240. The van der Waals surface area contributed by atoms with Gasteiger partial charge in [0.25, 0.3) is 5.91 Å². The number of amides is 1. The molecule has 0 radical (unpaired) electrons. The predicted octanol–water partition coefficient (Wildman–Crippen LogP) is 4.79. The number of hydrogen-bond acceptors (Lipinski definition) is 6. The molecule has 4 rings (SSSR count). The molecular weight excluding hydrogens is 501 g/mol. The molecular formula is C25H26N4O3S3. The van der Waals surface area contributed by atoms with E-state index >= 15 is 0 Å². The standard InChI is InChI=1S/C25H26N4O3S3/c1-4-27(5-2)35(31,32)21-14-10-11-18(15-21)23-19(16-22-24(30)28(6-3)25(33)34-22)17-29(26-23)20-12-8-7-9-13-20/h7-17H,4-6H2,1-3H3/b22-16-. The number of thiocarbonyl (C=S) groups is 1. The van der Waals surface area contributed by atoms with Crippen molar-refractivity contribution in [3.8, 4) is 16.9 Å². The summed E-state index contributed by atoms with van der Waals surface area (Å²) < 4.78 is 29.9. The van der Waals surface area contributed by atoms with Crippen LogP contribution in [0.25, 0.3) is 23.0 Å². The highest BCUT2D eigenvalue weighted by molar-refractivity contribution is 8.26. The monoisotopic (exact) mass is 526 g/mol. The summed E-state index contributed by atoms with van der Waals surface area (Å²) in [7, 11) is -3.64. The van der Waals surface area contributed by atoms with Gasteiger partial charge >= 0.3 is 0 Å². The first-order valence-corrected chi connectivity index (χ1v) is 14.0. The lowest BCUT2D eigenvalue weighted by Crippen LogP contribution is -2.30. The number of carbonyl (C=O) groups excluding carboxylic acids is 1. The molecule has 182 valence electrons. The zero-order chi connectivity index (χ0) is 25.2. The Hall–Kier alpha value is -2.79. The summed E-state index contributed by atoms with van der Waals surface area (Å²) in [4.78, 5) is 15.1. The van der Waals surface area contributed by atoms with Crippen LogP contribution in [0, 0.1) is 0 Å². The Morgan fingerprint density at radius 2 is 1.77 bits per heavy atom. The van der Waals surface area contributed by atoms with Crippen molar-refractivity contribution in [2.45, 2.75) is 25.7 Å². The Labute approximate surface area is 215 Å². The van der Waals surface area contributed by atoms with E-state index < -0.39 is 10.0 Å². The molecule has 35 heavy (non-hydrogen) atoms. The van der Waals surface area contributed by atoms with E-state index in [1.54, 1.807) is 33.9 Å². The van der Waals surface area contributed by atoms with Crippen LogP contribution in [-0.4, -0.2) is 57.3 Å². The van der Waals surface area contributed by atoms with E-state index in [9.17, 15) is 13.2 Å². The molecule has 0 atom stereocenters. The van der Waals surface area contributed by atoms with Gasteiger partial charge in [-0.3, -0.25) is 9.69 Å². The van der Waals surface area contributed by atoms with Crippen LogP contribution in [0.2, 0.25) is 0 Å². The van der Waals surface area contributed by atoms with E-state index in [0.29, 0.717) is 45.7 Å². The van der Waals surface area contributed by atoms with Crippen molar-refractivity contribution >= 4 is 50.3 Å². The molecule has 1 aromatic heterocycles. The molecule has 1 saturated heterocycles. The third kappa shape index (κ3) is 4.97. The average molecular weight is 527 g/mol. The van der Waals surface area contributed by atoms with Crippen molar-refractivity contribution in [2.75, 3.05) is 19.6 Å². The molecule has 10 heteroatoms. The van der Waals surface area contributed by atoms with E-state index in [2.05, 4.69) is 0 Å². The predicted molar refractivity (Wildman–Crippen MR) is 145 cm³/mol. The molecule has 0 spiro atoms. The van der Waals surface area contributed by atoms with Gasteiger partial charge < -0.3 is 0 Å². The molecule has 3 aromatic rings. The molecule has 0 aliphatic carbocycles. The van der Waals surface area contributed by atoms with Crippen molar-refractivity contribution in [3.63, 3.8) is 0 Å². The van der Waals surface area contributed by atoms with Gasteiger partial charge in [-0.1, -0.05) is 68.2 Å². The molecule has 0 bridgehead atoms. The summed E-state index contributed by atoms with van der Waals surface area (Å²) in [5.74, 6) is -0.140. The van der Waals surface area contributed by atoms with Gasteiger partial charge in [0.15, 0.2) is 0 Å². The van der Waals surface area contributed by atoms with Crippen molar-refractivity contribution < 1.29 is 13.2 Å². The molecule has 2 heterocycles. The van der Waals surface area contributed by atoms with Crippen LogP contribution < -0.4 is 0 Å². The summed E-state index contributed by atoms with van der Waals surface area (Å²) in [6.45, 7) is 6.79. The van der Waals surface area contributed by atoms with Gasteiger partial charge in [-0.25, -0.2) is 13.1 Å². The number of nitrogens with zero attached hydrogens (tertiary/aromatic N) is 4. The van der Waals surface area contributed by atoms with Crippen LogP contribution in [0.3, 0.4) is 0 Å². The van der Waals surface area contributed by atoms with Crippen LogP contribution in [0.1, 0.15) is 26.3 Å². The number of sulfonamides is 1. The maximum Gasteiger partial charge on any atom is 0.266 e. The second kappa shape index (κ2) is 10.4. The van der Waals surface area contributed by atoms with Crippen LogP contribution in [0.4, 0.5) is 0 Å². The quantitative estimate of drug-likeness (QED) is 0.310. The third-order valence-electron chi connectivity index (χ3n) is 5.69. The summed E-state index contributed by atoms with van der Waals surface area (Å²) in [5, 5.41) is 4.78. The van der Waals surface area contributed by atoms with Crippen LogP contribution in [-0.2, 0) is 14.8 Å². The van der Waals surface area contributed by atoms with Gasteiger partial charge in [-0.2, -0.15) is 9.40 Å². The molecule has 1 amide bonds. The number of hydrogen-bond donors (Lipinski definition) is 0. The Bertz CT molecular complexity index is 1390. The maximum atomic E-state index is 13.1. The highest BCUT2D eigenvalue weighted by Crippen LogP contribution is 2.35. The topological polar surface area (TPSA) is 75.5 Å². The van der Waals surface area contributed by atoms with E-state index in [4.69, 9.17) is 17.3 Å². The minimum Gasteiger partial charge on any atom is -0.293 e. The SMILES string of the molecule is CCN1C(=O)/C(=C/c2cn(-c3ccccc3)nc2-c2cccc(S(=O)(=O)N(CC)CC)c2)SC1=S. The molecule has 1 aliphatic rings. The Morgan fingerprint density at radius 3 is 2.40 bits per heavy atom. The van der Waals surface area contributed by atoms with Crippen molar-refractivity contribution in [2.24, 2.45) is 0 Å². The minimum absolute atomic E-state index is 0.140. The molecule has 0 N–H and O–H groups in total. The van der Waals surface area contributed by atoms with Crippen molar-refractivity contribution in [1.29, 1.82) is 0 Å². The molecule has 0 saturated carbocycles. The molecule has 1 aliphatic heterocycles. The summed E-state index contributed by atoms with van der Waals surface area (Å²) >= 11 is 6.62.